The first-order chi connectivity index (χ1) is 12.2. The number of guanidine groups is 1. The summed E-state index contributed by atoms with van der Waals surface area (Å²) >= 11 is 0. The molecule has 5 heteroatoms. The van der Waals surface area contributed by atoms with Crippen molar-refractivity contribution < 1.29 is 5.11 Å². The summed E-state index contributed by atoms with van der Waals surface area (Å²) in [5.41, 5.74) is 8.83. The predicted molar refractivity (Wildman–Crippen MR) is 102 cm³/mol. The molecule has 138 valence electrons. The van der Waals surface area contributed by atoms with Crippen LogP contribution in [0.25, 0.3) is 0 Å². The number of piperidine rings is 1. The Morgan fingerprint density at radius 2 is 1.64 bits per heavy atom. The number of hydrogen-bond acceptors (Lipinski definition) is 3. The van der Waals surface area contributed by atoms with E-state index in [0.29, 0.717) is 12.5 Å². The highest BCUT2D eigenvalue weighted by molar-refractivity contribution is 5.78. The Morgan fingerprint density at radius 1 is 1.00 bits per heavy atom. The van der Waals surface area contributed by atoms with Gasteiger partial charge in [0.15, 0.2) is 5.96 Å². The average molecular weight is 345 g/mol. The van der Waals surface area contributed by atoms with Crippen molar-refractivity contribution in [1.29, 1.82) is 0 Å². The number of likely N-dealkylation sites (tertiary alicyclic amines) is 2. The van der Waals surface area contributed by atoms with Crippen molar-refractivity contribution in [3.63, 3.8) is 0 Å². The fourth-order valence-corrected chi connectivity index (χ4v) is 3.75. The number of aliphatic hydroxyl groups excluding tert-OH is 1. The van der Waals surface area contributed by atoms with E-state index in [4.69, 9.17) is 5.73 Å². The van der Waals surface area contributed by atoms with Gasteiger partial charge in [0.05, 0.1) is 12.6 Å². The van der Waals surface area contributed by atoms with Crippen molar-refractivity contribution in [3.8, 4) is 0 Å². The molecule has 5 nitrogen and oxygen atoms in total. The van der Waals surface area contributed by atoms with Crippen LogP contribution in [-0.2, 0) is 13.1 Å². The number of nitrogens with zero attached hydrogens (tertiary/aromatic N) is 3. The molecule has 2 aliphatic rings. The van der Waals surface area contributed by atoms with E-state index in [1.807, 2.05) is 0 Å². The van der Waals surface area contributed by atoms with Crippen molar-refractivity contribution in [1.82, 2.24) is 9.80 Å². The minimum Gasteiger partial charge on any atom is -0.393 e. The first-order valence-corrected chi connectivity index (χ1v) is 9.74. The summed E-state index contributed by atoms with van der Waals surface area (Å²) in [5, 5.41) is 9.67. The molecule has 0 atom stereocenters. The minimum atomic E-state index is -0.121. The highest BCUT2D eigenvalue weighted by Crippen LogP contribution is 2.17. The van der Waals surface area contributed by atoms with Crippen LogP contribution in [0.5, 0.6) is 0 Å². The van der Waals surface area contributed by atoms with Crippen LogP contribution in [0.2, 0.25) is 0 Å². The van der Waals surface area contributed by atoms with Crippen molar-refractivity contribution in [2.75, 3.05) is 26.2 Å². The van der Waals surface area contributed by atoms with Gasteiger partial charge in [-0.05, 0) is 36.8 Å². The fourth-order valence-electron chi connectivity index (χ4n) is 3.75. The maximum atomic E-state index is 9.67. The number of hydrogen-bond donors (Lipinski definition) is 2. The van der Waals surface area contributed by atoms with E-state index in [2.05, 4.69) is 39.1 Å². The van der Waals surface area contributed by atoms with Crippen LogP contribution >= 0.6 is 0 Å². The molecule has 3 rings (SSSR count). The second-order valence-electron chi connectivity index (χ2n) is 7.35. The fraction of sp³-hybridized carbons (Fsp3) is 0.650. The van der Waals surface area contributed by atoms with E-state index in [9.17, 15) is 5.11 Å². The third-order valence-electron chi connectivity index (χ3n) is 5.41. The van der Waals surface area contributed by atoms with Crippen LogP contribution in [-0.4, -0.2) is 53.1 Å². The molecule has 2 saturated heterocycles. The molecular formula is C20H32N4O. The lowest BCUT2D eigenvalue weighted by Gasteiger charge is -2.30. The molecule has 0 aliphatic carbocycles. The summed E-state index contributed by atoms with van der Waals surface area (Å²) in [6.45, 7) is 5.58. The van der Waals surface area contributed by atoms with Gasteiger partial charge in [0.1, 0.15) is 0 Å². The Bertz CT molecular complexity index is 559. The zero-order valence-electron chi connectivity index (χ0n) is 15.2. The van der Waals surface area contributed by atoms with E-state index >= 15 is 0 Å². The van der Waals surface area contributed by atoms with Crippen LogP contribution in [0.4, 0.5) is 0 Å². The van der Waals surface area contributed by atoms with Gasteiger partial charge < -0.3 is 15.7 Å². The molecule has 0 aromatic heterocycles. The minimum absolute atomic E-state index is 0.121. The monoisotopic (exact) mass is 344 g/mol. The third-order valence-corrected chi connectivity index (χ3v) is 5.41. The molecule has 0 unspecified atom stereocenters. The zero-order valence-corrected chi connectivity index (χ0v) is 15.2. The van der Waals surface area contributed by atoms with Gasteiger partial charge in [0, 0.05) is 32.7 Å². The second kappa shape index (κ2) is 9.20. The van der Waals surface area contributed by atoms with Crippen molar-refractivity contribution in [2.24, 2.45) is 10.7 Å². The van der Waals surface area contributed by atoms with E-state index in [0.717, 1.165) is 45.6 Å². The van der Waals surface area contributed by atoms with Crippen LogP contribution in [0, 0.1) is 0 Å². The van der Waals surface area contributed by atoms with Crippen LogP contribution < -0.4 is 5.73 Å². The van der Waals surface area contributed by atoms with Gasteiger partial charge in [-0.3, -0.25) is 4.90 Å². The van der Waals surface area contributed by atoms with Gasteiger partial charge in [0.25, 0.3) is 0 Å². The molecule has 0 spiro atoms. The van der Waals surface area contributed by atoms with Gasteiger partial charge in [-0.25, -0.2) is 4.99 Å². The molecule has 2 aliphatic heterocycles. The molecule has 0 radical (unpaired) electrons. The summed E-state index contributed by atoms with van der Waals surface area (Å²) in [6, 6.07) is 8.53. The molecule has 25 heavy (non-hydrogen) atoms. The quantitative estimate of drug-likeness (QED) is 0.650. The maximum Gasteiger partial charge on any atom is 0.191 e. The summed E-state index contributed by atoms with van der Waals surface area (Å²) in [6.07, 6.45) is 6.67. The van der Waals surface area contributed by atoms with Crippen LogP contribution in [0.15, 0.2) is 29.3 Å². The Labute approximate surface area is 151 Å². The summed E-state index contributed by atoms with van der Waals surface area (Å²) in [4.78, 5) is 9.35. The Hall–Kier alpha value is -1.59. The maximum absolute atomic E-state index is 9.67. The van der Waals surface area contributed by atoms with Gasteiger partial charge in [-0.2, -0.15) is 0 Å². The van der Waals surface area contributed by atoms with E-state index in [1.54, 1.807) is 0 Å². The van der Waals surface area contributed by atoms with E-state index in [-0.39, 0.29) is 6.10 Å². The zero-order chi connectivity index (χ0) is 17.5. The van der Waals surface area contributed by atoms with Crippen LogP contribution in [0.3, 0.4) is 0 Å². The highest BCUT2D eigenvalue weighted by atomic mass is 16.3. The normalized spacial score (nSPS) is 21.3. The number of benzene rings is 1. The van der Waals surface area contributed by atoms with E-state index in [1.165, 1.54) is 36.8 Å². The van der Waals surface area contributed by atoms with Gasteiger partial charge >= 0.3 is 0 Å². The van der Waals surface area contributed by atoms with E-state index < -0.39 is 0 Å². The molecular weight excluding hydrogens is 312 g/mol. The molecule has 0 amide bonds. The first kappa shape index (κ1) is 18.2. The second-order valence-corrected chi connectivity index (χ2v) is 7.35. The molecule has 2 fully saturated rings. The van der Waals surface area contributed by atoms with Gasteiger partial charge in [-0.1, -0.05) is 37.1 Å². The van der Waals surface area contributed by atoms with Gasteiger partial charge in [-0.15, -0.1) is 0 Å². The summed E-state index contributed by atoms with van der Waals surface area (Å²) in [5.74, 6) is 0.692. The highest BCUT2D eigenvalue weighted by Gasteiger charge is 2.18. The lowest BCUT2D eigenvalue weighted by molar-refractivity contribution is 0.0791. The number of rotatable bonds is 4. The molecule has 1 aromatic carbocycles. The lowest BCUT2D eigenvalue weighted by atomic mass is 10.0. The average Bonchev–Trinajstić information content (AvgIpc) is 2.92. The van der Waals surface area contributed by atoms with Crippen molar-refractivity contribution in [2.45, 2.75) is 57.7 Å². The van der Waals surface area contributed by atoms with Gasteiger partial charge in [0.2, 0.25) is 0 Å². The Balaban J connectivity index is 1.61. The smallest absolute Gasteiger partial charge is 0.191 e. The third kappa shape index (κ3) is 5.44. The Morgan fingerprint density at radius 3 is 2.32 bits per heavy atom. The number of aliphatic imine (C=N–C) groups is 1. The molecule has 1 aromatic rings. The summed E-state index contributed by atoms with van der Waals surface area (Å²) < 4.78 is 0. The SMILES string of the molecule is NC(=NCc1ccccc1CN1CCC(O)CC1)N1CCCCCC1. The molecule has 0 saturated carbocycles. The van der Waals surface area contributed by atoms with Crippen molar-refractivity contribution in [3.05, 3.63) is 35.4 Å². The predicted octanol–water partition coefficient (Wildman–Crippen LogP) is 2.33. The van der Waals surface area contributed by atoms with Crippen molar-refractivity contribution >= 4 is 5.96 Å². The standard InChI is InChI=1S/C20H32N4O/c21-20(24-11-5-1-2-6-12-24)22-15-17-7-3-4-8-18(17)16-23-13-9-19(25)10-14-23/h3-4,7-8,19,25H,1-2,5-6,9-16H2,(H2,21,22). The molecule has 3 N–H and O–H groups in total. The number of nitrogens with two attached hydrogens (primary N) is 1. The van der Waals surface area contributed by atoms with Crippen LogP contribution in [0.1, 0.15) is 49.7 Å². The molecule has 2 heterocycles. The molecule has 0 bridgehead atoms. The number of aliphatic hydroxyl groups is 1. The topological polar surface area (TPSA) is 65.1 Å². The first-order valence-electron chi connectivity index (χ1n) is 9.74. The largest absolute Gasteiger partial charge is 0.393 e. The summed E-state index contributed by atoms with van der Waals surface area (Å²) in [7, 11) is 0. The lowest BCUT2D eigenvalue weighted by Crippen LogP contribution is -2.38. The Kier molecular flexibility index (Phi) is 6.70.